The number of carbonyl (C=O) groups excluding carboxylic acids is 1. The highest BCUT2D eigenvalue weighted by atomic mass is 16.2. The Bertz CT molecular complexity index is 423. The molecule has 1 amide bonds. The first-order chi connectivity index (χ1) is 8.63. The SMILES string of the molecule is CCCCC(=O)N1CCc2ncn(C(C)C)c2C1. The summed E-state index contributed by atoms with van der Waals surface area (Å²) >= 11 is 0. The Labute approximate surface area is 109 Å². The minimum atomic E-state index is 0.291. The van der Waals surface area contributed by atoms with Crippen molar-refractivity contribution in [3.8, 4) is 0 Å². The summed E-state index contributed by atoms with van der Waals surface area (Å²) in [5.74, 6) is 0.291. The summed E-state index contributed by atoms with van der Waals surface area (Å²) in [6, 6.07) is 0.409. The Kier molecular flexibility index (Phi) is 4.04. The van der Waals surface area contributed by atoms with E-state index in [4.69, 9.17) is 0 Å². The van der Waals surface area contributed by atoms with Crippen molar-refractivity contribution in [3.63, 3.8) is 0 Å². The summed E-state index contributed by atoms with van der Waals surface area (Å²) in [5, 5.41) is 0. The van der Waals surface area contributed by atoms with Crippen LogP contribution in [-0.2, 0) is 17.8 Å². The quantitative estimate of drug-likeness (QED) is 0.822. The number of hydrogen-bond donors (Lipinski definition) is 0. The Hall–Kier alpha value is -1.32. The fraction of sp³-hybridized carbons (Fsp3) is 0.714. The molecule has 0 aliphatic carbocycles. The third kappa shape index (κ3) is 2.57. The van der Waals surface area contributed by atoms with Gasteiger partial charge in [0.1, 0.15) is 0 Å². The molecule has 100 valence electrons. The van der Waals surface area contributed by atoms with E-state index in [1.807, 2.05) is 11.2 Å². The molecule has 0 fully saturated rings. The molecule has 2 rings (SSSR count). The molecule has 18 heavy (non-hydrogen) atoms. The van der Waals surface area contributed by atoms with Gasteiger partial charge in [0, 0.05) is 25.4 Å². The van der Waals surface area contributed by atoms with Crippen LogP contribution < -0.4 is 0 Å². The fourth-order valence-corrected chi connectivity index (χ4v) is 2.45. The average Bonchev–Trinajstić information content (AvgIpc) is 2.78. The van der Waals surface area contributed by atoms with Crippen LogP contribution in [0.2, 0.25) is 0 Å². The predicted octanol–water partition coefficient (Wildman–Crippen LogP) is 2.54. The molecule has 0 N–H and O–H groups in total. The molecular formula is C14H23N3O. The molecule has 0 spiro atoms. The van der Waals surface area contributed by atoms with E-state index >= 15 is 0 Å². The van der Waals surface area contributed by atoms with E-state index in [0.29, 0.717) is 18.4 Å². The normalized spacial score (nSPS) is 15.0. The van der Waals surface area contributed by atoms with Crippen LogP contribution in [0.4, 0.5) is 0 Å². The van der Waals surface area contributed by atoms with Gasteiger partial charge in [-0.25, -0.2) is 4.98 Å². The molecule has 1 aromatic rings. The Morgan fingerprint density at radius 2 is 2.28 bits per heavy atom. The van der Waals surface area contributed by atoms with Crippen LogP contribution in [0, 0.1) is 0 Å². The van der Waals surface area contributed by atoms with Crippen molar-refractivity contribution in [2.24, 2.45) is 0 Å². The summed E-state index contributed by atoms with van der Waals surface area (Å²) in [5.41, 5.74) is 2.39. The molecule has 0 bridgehead atoms. The summed E-state index contributed by atoms with van der Waals surface area (Å²) in [6.07, 6.45) is 5.56. The van der Waals surface area contributed by atoms with E-state index in [0.717, 1.165) is 32.4 Å². The number of carbonyl (C=O) groups is 1. The van der Waals surface area contributed by atoms with Gasteiger partial charge < -0.3 is 9.47 Å². The molecule has 1 aliphatic rings. The van der Waals surface area contributed by atoms with Crippen molar-refractivity contribution in [3.05, 3.63) is 17.7 Å². The number of fused-ring (bicyclic) bond motifs is 1. The minimum Gasteiger partial charge on any atom is -0.336 e. The third-order valence-corrected chi connectivity index (χ3v) is 3.60. The fourth-order valence-electron chi connectivity index (χ4n) is 2.45. The maximum atomic E-state index is 12.1. The lowest BCUT2D eigenvalue weighted by atomic mass is 10.1. The van der Waals surface area contributed by atoms with Crippen molar-refractivity contribution in [1.29, 1.82) is 0 Å². The molecule has 4 heteroatoms. The van der Waals surface area contributed by atoms with Crippen molar-refractivity contribution >= 4 is 5.91 Å². The van der Waals surface area contributed by atoms with E-state index in [2.05, 4.69) is 30.3 Å². The summed E-state index contributed by atoms with van der Waals surface area (Å²) < 4.78 is 2.19. The molecule has 0 saturated carbocycles. The maximum absolute atomic E-state index is 12.1. The highest BCUT2D eigenvalue weighted by Crippen LogP contribution is 2.21. The van der Waals surface area contributed by atoms with Gasteiger partial charge in [0.05, 0.1) is 24.3 Å². The topological polar surface area (TPSA) is 38.1 Å². The maximum Gasteiger partial charge on any atom is 0.222 e. The first-order valence-electron chi connectivity index (χ1n) is 6.95. The van der Waals surface area contributed by atoms with Crippen LogP contribution in [-0.4, -0.2) is 26.9 Å². The Balaban J connectivity index is 2.08. The van der Waals surface area contributed by atoms with Gasteiger partial charge in [-0.1, -0.05) is 13.3 Å². The molecule has 0 saturated heterocycles. The van der Waals surface area contributed by atoms with Crippen LogP contribution >= 0.6 is 0 Å². The standard InChI is InChI=1S/C14H23N3O/c1-4-5-6-14(18)16-8-7-12-13(9-16)17(10-15-12)11(2)3/h10-11H,4-9H2,1-3H3. The molecular weight excluding hydrogens is 226 g/mol. The number of amides is 1. The van der Waals surface area contributed by atoms with Crippen LogP contribution in [0.1, 0.15) is 57.5 Å². The molecule has 0 unspecified atom stereocenters. The number of aromatic nitrogens is 2. The van der Waals surface area contributed by atoms with Crippen molar-refractivity contribution in [1.82, 2.24) is 14.5 Å². The zero-order chi connectivity index (χ0) is 13.1. The van der Waals surface area contributed by atoms with Crippen molar-refractivity contribution in [2.45, 2.75) is 59.0 Å². The van der Waals surface area contributed by atoms with E-state index in [9.17, 15) is 4.79 Å². The van der Waals surface area contributed by atoms with Crippen molar-refractivity contribution in [2.75, 3.05) is 6.54 Å². The summed E-state index contributed by atoms with van der Waals surface area (Å²) in [6.45, 7) is 7.98. The number of unbranched alkanes of at least 4 members (excludes halogenated alkanes) is 1. The van der Waals surface area contributed by atoms with Gasteiger partial charge in [-0.15, -0.1) is 0 Å². The molecule has 0 aromatic carbocycles. The lowest BCUT2D eigenvalue weighted by molar-refractivity contribution is -0.132. The van der Waals surface area contributed by atoms with Gasteiger partial charge in [-0.2, -0.15) is 0 Å². The zero-order valence-corrected chi connectivity index (χ0v) is 11.6. The predicted molar refractivity (Wildman–Crippen MR) is 71.3 cm³/mol. The zero-order valence-electron chi connectivity index (χ0n) is 11.6. The van der Waals surface area contributed by atoms with E-state index < -0.39 is 0 Å². The number of hydrogen-bond acceptors (Lipinski definition) is 2. The minimum absolute atomic E-state index is 0.291. The molecule has 1 aliphatic heterocycles. The molecule has 2 heterocycles. The van der Waals surface area contributed by atoms with Gasteiger partial charge in [0.15, 0.2) is 0 Å². The molecule has 4 nitrogen and oxygen atoms in total. The van der Waals surface area contributed by atoms with Crippen LogP contribution in [0.25, 0.3) is 0 Å². The van der Waals surface area contributed by atoms with Gasteiger partial charge >= 0.3 is 0 Å². The first-order valence-corrected chi connectivity index (χ1v) is 6.95. The van der Waals surface area contributed by atoms with Crippen LogP contribution in [0.15, 0.2) is 6.33 Å². The third-order valence-electron chi connectivity index (χ3n) is 3.60. The van der Waals surface area contributed by atoms with E-state index in [1.165, 1.54) is 11.4 Å². The monoisotopic (exact) mass is 249 g/mol. The average molecular weight is 249 g/mol. The Morgan fingerprint density at radius 3 is 2.94 bits per heavy atom. The van der Waals surface area contributed by atoms with Crippen molar-refractivity contribution < 1.29 is 4.79 Å². The van der Waals surface area contributed by atoms with Crippen LogP contribution in [0.5, 0.6) is 0 Å². The number of rotatable bonds is 4. The second kappa shape index (κ2) is 5.55. The lowest BCUT2D eigenvalue weighted by Gasteiger charge is -2.28. The van der Waals surface area contributed by atoms with E-state index in [-0.39, 0.29) is 0 Å². The van der Waals surface area contributed by atoms with Crippen LogP contribution in [0.3, 0.4) is 0 Å². The van der Waals surface area contributed by atoms with Gasteiger partial charge in [0.25, 0.3) is 0 Å². The lowest BCUT2D eigenvalue weighted by Crippen LogP contribution is -2.36. The van der Waals surface area contributed by atoms with Gasteiger partial charge in [-0.3, -0.25) is 4.79 Å². The number of nitrogens with zero attached hydrogens (tertiary/aromatic N) is 3. The molecule has 0 radical (unpaired) electrons. The van der Waals surface area contributed by atoms with Gasteiger partial charge in [0.2, 0.25) is 5.91 Å². The Morgan fingerprint density at radius 1 is 1.50 bits per heavy atom. The van der Waals surface area contributed by atoms with E-state index in [1.54, 1.807) is 0 Å². The highest BCUT2D eigenvalue weighted by molar-refractivity contribution is 5.76. The highest BCUT2D eigenvalue weighted by Gasteiger charge is 2.24. The molecule has 1 aromatic heterocycles. The first kappa shape index (κ1) is 13.1. The number of imidazole rings is 1. The summed E-state index contributed by atoms with van der Waals surface area (Å²) in [4.78, 5) is 18.5. The molecule has 0 atom stereocenters. The largest absolute Gasteiger partial charge is 0.336 e. The van der Waals surface area contributed by atoms with Gasteiger partial charge in [-0.05, 0) is 20.3 Å². The second-order valence-corrected chi connectivity index (χ2v) is 5.31. The smallest absolute Gasteiger partial charge is 0.222 e. The summed E-state index contributed by atoms with van der Waals surface area (Å²) in [7, 11) is 0. The second-order valence-electron chi connectivity index (χ2n) is 5.31.